The Morgan fingerprint density at radius 1 is 1.00 bits per heavy atom. The molecule has 26 heavy (non-hydrogen) atoms. The Morgan fingerprint density at radius 3 is 2.27 bits per heavy atom. The molecule has 2 fully saturated rings. The first kappa shape index (κ1) is 21.3. The summed E-state index contributed by atoms with van der Waals surface area (Å²) in [7, 11) is 0. The largest absolute Gasteiger partial charge is 0.462 e. The normalized spacial score (nSPS) is 32.0. The molecule has 0 saturated heterocycles. The van der Waals surface area contributed by atoms with Gasteiger partial charge in [-0.15, -0.1) is 0 Å². The van der Waals surface area contributed by atoms with E-state index in [9.17, 15) is 10.1 Å². The molecule has 0 heterocycles. The van der Waals surface area contributed by atoms with Crippen molar-refractivity contribution >= 4 is 5.97 Å². The minimum absolute atomic E-state index is 0.0411. The van der Waals surface area contributed by atoms with Crippen LogP contribution in [0.1, 0.15) is 110 Å². The van der Waals surface area contributed by atoms with E-state index in [1.165, 1.54) is 44.9 Å². The van der Waals surface area contributed by atoms with Gasteiger partial charge in [-0.1, -0.05) is 52.4 Å². The van der Waals surface area contributed by atoms with Crippen LogP contribution in [0.5, 0.6) is 0 Å². The van der Waals surface area contributed by atoms with Gasteiger partial charge in [0.05, 0.1) is 17.4 Å². The molecule has 0 amide bonds. The van der Waals surface area contributed by atoms with Gasteiger partial charge in [-0.25, -0.2) is 0 Å². The van der Waals surface area contributed by atoms with E-state index < -0.39 is 0 Å². The lowest BCUT2D eigenvalue weighted by Gasteiger charge is -2.35. The maximum absolute atomic E-state index is 12.5. The van der Waals surface area contributed by atoms with Gasteiger partial charge in [0.15, 0.2) is 0 Å². The van der Waals surface area contributed by atoms with E-state index in [0.717, 1.165) is 57.3 Å². The summed E-state index contributed by atoms with van der Waals surface area (Å²) in [6, 6.07) is 2.54. The SMILES string of the molecule is CCCCCCC1CCC(C(=O)OC2CCC(C#N)(CCC)CC2)CC1. The number of unbranched alkanes of at least 4 members (excludes halogenated alkanes) is 3. The van der Waals surface area contributed by atoms with E-state index in [2.05, 4.69) is 19.9 Å². The molecule has 0 radical (unpaired) electrons. The molecule has 0 spiro atoms. The second-order valence-electron chi connectivity index (χ2n) is 8.85. The van der Waals surface area contributed by atoms with Crippen LogP contribution < -0.4 is 0 Å². The van der Waals surface area contributed by atoms with Crippen LogP contribution in [0.25, 0.3) is 0 Å². The minimum Gasteiger partial charge on any atom is -0.462 e. The van der Waals surface area contributed by atoms with Gasteiger partial charge in [0.1, 0.15) is 6.10 Å². The molecule has 3 nitrogen and oxygen atoms in total. The Labute approximate surface area is 160 Å². The van der Waals surface area contributed by atoms with E-state index in [1.54, 1.807) is 0 Å². The summed E-state index contributed by atoms with van der Waals surface area (Å²) < 4.78 is 5.85. The summed E-state index contributed by atoms with van der Waals surface area (Å²) in [5.74, 6) is 0.996. The Morgan fingerprint density at radius 2 is 1.69 bits per heavy atom. The van der Waals surface area contributed by atoms with Gasteiger partial charge in [0, 0.05) is 0 Å². The summed E-state index contributed by atoms with van der Waals surface area (Å²) >= 11 is 0. The number of nitrogens with zero attached hydrogens (tertiary/aromatic N) is 1. The predicted molar refractivity (Wildman–Crippen MR) is 106 cm³/mol. The number of hydrogen-bond acceptors (Lipinski definition) is 3. The first-order chi connectivity index (χ1) is 12.6. The van der Waals surface area contributed by atoms with Crippen molar-refractivity contribution in [1.82, 2.24) is 0 Å². The van der Waals surface area contributed by atoms with Gasteiger partial charge in [-0.05, 0) is 63.7 Å². The van der Waals surface area contributed by atoms with Crippen molar-refractivity contribution in [3.05, 3.63) is 0 Å². The molecule has 0 aromatic heterocycles. The van der Waals surface area contributed by atoms with E-state index >= 15 is 0 Å². The van der Waals surface area contributed by atoms with Crippen molar-refractivity contribution in [2.45, 2.75) is 116 Å². The van der Waals surface area contributed by atoms with Gasteiger partial charge in [0.25, 0.3) is 0 Å². The quantitative estimate of drug-likeness (QED) is 0.345. The Bertz CT molecular complexity index is 451. The molecule has 0 aliphatic heterocycles. The highest BCUT2D eigenvalue weighted by atomic mass is 16.5. The average molecular weight is 362 g/mol. The zero-order valence-electron chi connectivity index (χ0n) is 17.1. The number of rotatable bonds is 9. The molecule has 148 valence electrons. The maximum Gasteiger partial charge on any atom is 0.309 e. The smallest absolute Gasteiger partial charge is 0.309 e. The van der Waals surface area contributed by atoms with Crippen molar-refractivity contribution in [3.63, 3.8) is 0 Å². The number of ether oxygens (including phenoxy) is 1. The van der Waals surface area contributed by atoms with Gasteiger partial charge >= 0.3 is 5.97 Å². The van der Waals surface area contributed by atoms with Crippen LogP contribution in [0, 0.1) is 28.6 Å². The second kappa shape index (κ2) is 11.0. The summed E-state index contributed by atoms with van der Waals surface area (Å²) in [5.41, 5.74) is -0.159. The lowest BCUT2D eigenvalue weighted by Crippen LogP contribution is -2.33. The van der Waals surface area contributed by atoms with Crippen LogP contribution >= 0.6 is 0 Å². The molecular weight excluding hydrogens is 322 g/mol. The standard InChI is InChI=1S/C23H39NO2/c1-3-5-6-7-8-19-9-11-20(12-10-19)22(25)26-21-13-16-23(18-24,15-4-2)17-14-21/h19-21H,3-17H2,1-2H3. The highest BCUT2D eigenvalue weighted by Gasteiger charge is 2.37. The number of carbonyl (C=O) groups excluding carboxylic acids is 1. The molecule has 2 aliphatic carbocycles. The fourth-order valence-electron chi connectivity index (χ4n) is 4.97. The third kappa shape index (κ3) is 6.29. The fourth-order valence-corrected chi connectivity index (χ4v) is 4.97. The van der Waals surface area contributed by atoms with Gasteiger partial charge in [-0.2, -0.15) is 5.26 Å². The summed E-state index contributed by atoms with van der Waals surface area (Å²) in [6.07, 6.45) is 16.7. The van der Waals surface area contributed by atoms with Crippen molar-refractivity contribution in [1.29, 1.82) is 5.26 Å². The lowest BCUT2D eigenvalue weighted by molar-refractivity contribution is -0.158. The number of nitriles is 1. The monoisotopic (exact) mass is 361 g/mol. The number of esters is 1. The minimum atomic E-state index is -0.159. The second-order valence-corrected chi connectivity index (χ2v) is 8.85. The predicted octanol–water partition coefficient (Wildman–Crippen LogP) is 6.56. The van der Waals surface area contributed by atoms with E-state index in [4.69, 9.17) is 4.74 Å². The Hall–Kier alpha value is -1.04. The van der Waals surface area contributed by atoms with Crippen molar-refractivity contribution in [2.75, 3.05) is 0 Å². The molecule has 0 N–H and O–H groups in total. The highest BCUT2D eigenvalue weighted by molar-refractivity contribution is 5.72. The third-order valence-corrected chi connectivity index (χ3v) is 6.78. The molecule has 2 aliphatic rings. The molecule has 0 aromatic carbocycles. The van der Waals surface area contributed by atoms with E-state index in [0.29, 0.717) is 0 Å². The van der Waals surface area contributed by atoms with Gasteiger partial charge in [-0.3, -0.25) is 4.79 Å². The molecule has 3 heteroatoms. The zero-order chi connectivity index (χ0) is 18.8. The van der Waals surface area contributed by atoms with Crippen LogP contribution in [0.2, 0.25) is 0 Å². The third-order valence-electron chi connectivity index (χ3n) is 6.78. The number of carbonyl (C=O) groups is 1. The van der Waals surface area contributed by atoms with Crippen molar-refractivity contribution < 1.29 is 9.53 Å². The lowest BCUT2D eigenvalue weighted by atomic mass is 9.71. The summed E-state index contributed by atoms with van der Waals surface area (Å²) in [5, 5.41) is 9.50. The van der Waals surface area contributed by atoms with Crippen molar-refractivity contribution in [2.24, 2.45) is 17.3 Å². The topological polar surface area (TPSA) is 50.1 Å². The van der Waals surface area contributed by atoms with E-state index in [-0.39, 0.29) is 23.4 Å². The molecule has 0 unspecified atom stereocenters. The Balaban J connectivity index is 1.66. The first-order valence-corrected chi connectivity index (χ1v) is 11.2. The average Bonchev–Trinajstić information content (AvgIpc) is 2.67. The molecular formula is C23H39NO2. The molecule has 2 saturated carbocycles. The van der Waals surface area contributed by atoms with Crippen molar-refractivity contribution in [3.8, 4) is 6.07 Å². The van der Waals surface area contributed by atoms with Crippen LogP contribution in [0.15, 0.2) is 0 Å². The zero-order valence-corrected chi connectivity index (χ0v) is 17.1. The molecule has 0 atom stereocenters. The summed E-state index contributed by atoms with van der Waals surface area (Å²) in [4.78, 5) is 12.5. The van der Waals surface area contributed by atoms with Crippen LogP contribution in [-0.4, -0.2) is 12.1 Å². The van der Waals surface area contributed by atoms with E-state index in [1.807, 2.05) is 0 Å². The molecule has 0 aromatic rings. The first-order valence-electron chi connectivity index (χ1n) is 11.2. The van der Waals surface area contributed by atoms with Crippen LogP contribution in [-0.2, 0) is 9.53 Å². The van der Waals surface area contributed by atoms with Crippen LogP contribution in [0.4, 0.5) is 0 Å². The highest BCUT2D eigenvalue weighted by Crippen LogP contribution is 2.41. The van der Waals surface area contributed by atoms with Crippen LogP contribution in [0.3, 0.4) is 0 Å². The maximum atomic E-state index is 12.5. The van der Waals surface area contributed by atoms with Gasteiger partial charge < -0.3 is 4.74 Å². The summed E-state index contributed by atoms with van der Waals surface area (Å²) in [6.45, 7) is 4.40. The fraction of sp³-hybridized carbons (Fsp3) is 0.913. The molecule has 0 bridgehead atoms. The van der Waals surface area contributed by atoms with Gasteiger partial charge in [0.2, 0.25) is 0 Å². The Kier molecular flexibility index (Phi) is 8.96. The number of hydrogen-bond donors (Lipinski definition) is 0. The molecule has 2 rings (SSSR count).